The fourth-order valence-corrected chi connectivity index (χ4v) is 2.77. The molecule has 1 aromatic rings. The zero-order valence-electron chi connectivity index (χ0n) is 15.3. The van der Waals surface area contributed by atoms with Gasteiger partial charge in [0.25, 0.3) is 0 Å². The number of nitrogens with zero attached hydrogens (tertiary/aromatic N) is 2. The van der Waals surface area contributed by atoms with Crippen molar-refractivity contribution in [3.63, 3.8) is 0 Å². The Hall–Kier alpha value is -2.24. The lowest BCUT2D eigenvalue weighted by atomic mass is 10.1. The van der Waals surface area contributed by atoms with Crippen molar-refractivity contribution < 1.29 is 9.53 Å². The Morgan fingerprint density at radius 3 is 2.56 bits per heavy atom. The van der Waals surface area contributed by atoms with E-state index >= 15 is 0 Å². The van der Waals surface area contributed by atoms with Crippen LogP contribution >= 0.6 is 0 Å². The Kier molecular flexibility index (Phi) is 8.09. The van der Waals surface area contributed by atoms with Crippen LogP contribution in [0.5, 0.6) is 5.75 Å². The van der Waals surface area contributed by atoms with E-state index in [9.17, 15) is 4.79 Å². The minimum absolute atomic E-state index is 0.0282. The number of rotatable bonds is 7. The van der Waals surface area contributed by atoms with Crippen LogP contribution in [0.1, 0.15) is 33.1 Å². The summed E-state index contributed by atoms with van der Waals surface area (Å²) in [6.45, 7) is 7.48. The molecule has 138 valence electrons. The first-order valence-corrected chi connectivity index (χ1v) is 9.24. The summed E-state index contributed by atoms with van der Waals surface area (Å²) in [6.07, 6.45) is 3.06. The first-order chi connectivity index (χ1) is 12.2. The van der Waals surface area contributed by atoms with E-state index in [1.54, 1.807) is 0 Å². The summed E-state index contributed by atoms with van der Waals surface area (Å²) in [7, 11) is 0. The molecule has 2 N–H and O–H groups in total. The fraction of sp³-hybridized carbons (Fsp3) is 0.579. The highest BCUT2D eigenvalue weighted by Gasteiger charge is 2.22. The fourth-order valence-electron chi connectivity index (χ4n) is 2.77. The lowest BCUT2D eigenvalue weighted by Gasteiger charge is -2.34. The van der Waals surface area contributed by atoms with Gasteiger partial charge in [0.05, 0.1) is 0 Å². The summed E-state index contributed by atoms with van der Waals surface area (Å²) in [6, 6.07) is 9.96. The number of benzene rings is 1. The van der Waals surface area contributed by atoms with Crippen LogP contribution in [0.2, 0.25) is 0 Å². The van der Waals surface area contributed by atoms with E-state index in [2.05, 4.69) is 20.5 Å². The Morgan fingerprint density at radius 1 is 1.20 bits per heavy atom. The summed E-state index contributed by atoms with van der Waals surface area (Å²) in [5, 5.41) is 6.14. The number of carbonyl (C=O) groups excluding carboxylic acids is 1. The second kappa shape index (κ2) is 10.6. The highest BCUT2D eigenvalue weighted by Crippen LogP contribution is 2.18. The first-order valence-electron chi connectivity index (χ1n) is 9.24. The second-order valence-electron chi connectivity index (χ2n) is 6.14. The number of piperidine rings is 1. The average Bonchev–Trinajstić information content (AvgIpc) is 2.65. The molecule has 1 heterocycles. The number of carbonyl (C=O) groups is 1. The predicted octanol–water partition coefficient (Wildman–Crippen LogP) is 2.02. The molecular weight excluding hydrogens is 316 g/mol. The van der Waals surface area contributed by atoms with E-state index in [1.807, 2.05) is 44.2 Å². The van der Waals surface area contributed by atoms with Crippen molar-refractivity contribution >= 4 is 11.9 Å². The molecule has 0 radical (unpaired) electrons. The predicted molar refractivity (Wildman–Crippen MR) is 101 cm³/mol. The van der Waals surface area contributed by atoms with Crippen molar-refractivity contribution in [2.75, 3.05) is 32.7 Å². The molecule has 0 saturated carbocycles. The van der Waals surface area contributed by atoms with Gasteiger partial charge in [-0.3, -0.25) is 4.79 Å². The molecule has 1 aliphatic heterocycles. The van der Waals surface area contributed by atoms with E-state index in [4.69, 9.17) is 4.74 Å². The molecule has 2 rings (SSSR count). The third kappa shape index (κ3) is 6.64. The van der Waals surface area contributed by atoms with Crippen LogP contribution in [0.3, 0.4) is 0 Å². The molecule has 6 heteroatoms. The van der Waals surface area contributed by atoms with Crippen LogP contribution in [-0.4, -0.2) is 55.6 Å². The summed E-state index contributed by atoms with van der Waals surface area (Å²) in [5.41, 5.74) is 0. The summed E-state index contributed by atoms with van der Waals surface area (Å²) in [5.74, 6) is 1.71. The number of aliphatic imine (C=N–C) groups is 1. The molecule has 0 bridgehead atoms. The molecule has 1 amide bonds. The molecular formula is C19H30N4O2. The molecule has 1 saturated heterocycles. The number of amides is 1. The van der Waals surface area contributed by atoms with Crippen LogP contribution < -0.4 is 15.4 Å². The zero-order valence-corrected chi connectivity index (χ0v) is 15.3. The Bertz CT molecular complexity index is 540. The van der Waals surface area contributed by atoms with Crippen LogP contribution in [0.4, 0.5) is 0 Å². The largest absolute Gasteiger partial charge is 0.490 e. The van der Waals surface area contributed by atoms with Gasteiger partial charge in [0.2, 0.25) is 5.91 Å². The van der Waals surface area contributed by atoms with Crippen molar-refractivity contribution in [3.05, 3.63) is 30.3 Å². The topological polar surface area (TPSA) is 66.0 Å². The van der Waals surface area contributed by atoms with E-state index in [1.165, 1.54) is 0 Å². The van der Waals surface area contributed by atoms with Gasteiger partial charge in [-0.2, -0.15) is 0 Å². The molecule has 1 aliphatic rings. The van der Waals surface area contributed by atoms with E-state index in [0.29, 0.717) is 6.54 Å². The monoisotopic (exact) mass is 346 g/mol. The van der Waals surface area contributed by atoms with Crippen molar-refractivity contribution in [2.45, 2.75) is 39.2 Å². The smallest absolute Gasteiger partial charge is 0.241 e. The first kappa shape index (κ1) is 19.1. The molecule has 0 aliphatic carbocycles. The Labute approximate surface area is 150 Å². The minimum Gasteiger partial charge on any atom is -0.490 e. The van der Waals surface area contributed by atoms with Gasteiger partial charge in [-0.05, 0) is 25.5 Å². The molecule has 0 spiro atoms. The third-order valence-electron chi connectivity index (χ3n) is 4.07. The van der Waals surface area contributed by atoms with Crippen LogP contribution in [0, 0.1) is 0 Å². The van der Waals surface area contributed by atoms with E-state index in [0.717, 1.165) is 50.6 Å². The second-order valence-corrected chi connectivity index (χ2v) is 6.14. The third-order valence-corrected chi connectivity index (χ3v) is 4.07. The van der Waals surface area contributed by atoms with Crippen molar-refractivity contribution in [1.29, 1.82) is 0 Å². The van der Waals surface area contributed by atoms with Gasteiger partial charge in [-0.25, -0.2) is 4.99 Å². The maximum atomic E-state index is 11.8. The standard InChI is InChI=1S/C19H30N4O2/c1-3-12-21-18(24)15-22-19(20-4-2)23-13-10-17(11-14-23)25-16-8-6-5-7-9-16/h5-9,17H,3-4,10-15H2,1-2H3,(H,20,22)(H,21,24). The van der Waals surface area contributed by atoms with Crippen molar-refractivity contribution in [1.82, 2.24) is 15.5 Å². The maximum Gasteiger partial charge on any atom is 0.241 e. The van der Waals surface area contributed by atoms with Crippen LogP contribution in [0.25, 0.3) is 0 Å². The van der Waals surface area contributed by atoms with Gasteiger partial charge in [0.15, 0.2) is 5.96 Å². The van der Waals surface area contributed by atoms with Gasteiger partial charge >= 0.3 is 0 Å². The summed E-state index contributed by atoms with van der Waals surface area (Å²) < 4.78 is 6.03. The van der Waals surface area contributed by atoms with Gasteiger partial charge in [-0.15, -0.1) is 0 Å². The molecule has 0 unspecified atom stereocenters. The minimum atomic E-state index is -0.0282. The van der Waals surface area contributed by atoms with Gasteiger partial charge in [0, 0.05) is 39.0 Å². The number of guanidine groups is 1. The quantitative estimate of drug-likeness (QED) is 0.586. The number of likely N-dealkylation sites (tertiary alicyclic amines) is 1. The molecule has 0 atom stereocenters. The normalized spacial score (nSPS) is 15.8. The average molecular weight is 346 g/mol. The highest BCUT2D eigenvalue weighted by molar-refractivity contribution is 5.85. The summed E-state index contributed by atoms with van der Waals surface area (Å²) in [4.78, 5) is 18.5. The number of ether oxygens (including phenoxy) is 1. The summed E-state index contributed by atoms with van der Waals surface area (Å²) >= 11 is 0. The van der Waals surface area contributed by atoms with Crippen molar-refractivity contribution in [2.24, 2.45) is 4.99 Å². The zero-order chi connectivity index (χ0) is 17.9. The lowest BCUT2D eigenvalue weighted by molar-refractivity contribution is -0.119. The maximum absolute atomic E-state index is 11.8. The SMILES string of the molecule is CCCNC(=O)CN=C(NCC)N1CCC(Oc2ccccc2)CC1. The van der Waals surface area contributed by atoms with Gasteiger partial charge in [-0.1, -0.05) is 25.1 Å². The molecule has 1 fully saturated rings. The lowest BCUT2D eigenvalue weighted by Crippen LogP contribution is -2.47. The highest BCUT2D eigenvalue weighted by atomic mass is 16.5. The number of hydrogen-bond donors (Lipinski definition) is 2. The van der Waals surface area contributed by atoms with E-state index < -0.39 is 0 Å². The number of para-hydroxylation sites is 1. The molecule has 25 heavy (non-hydrogen) atoms. The Balaban J connectivity index is 1.83. The van der Waals surface area contributed by atoms with Crippen LogP contribution in [-0.2, 0) is 4.79 Å². The van der Waals surface area contributed by atoms with Gasteiger partial charge < -0.3 is 20.3 Å². The number of hydrogen-bond acceptors (Lipinski definition) is 3. The molecule has 0 aromatic heterocycles. The molecule has 1 aromatic carbocycles. The van der Waals surface area contributed by atoms with Crippen molar-refractivity contribution in [3.8, 4) is 5.75 Å². The molecule has 6 nitrogen and oxygen atoms in total. The van der Waals surface area contributed by atoms with Crippen LogP contribution in [0.15, 0.2) is 35.3 Å². The van der Waals surface area contributed by atoms with Gasteiger partial charge in [0.1, 0.15) is 18.4 Å². The van der Waals surface area contributed by atoms with E-state index in [-0.39, 0.29) is 18.6 Å². The number of nitrogens with one attached hydrogen (secondary N) is 2. The Morgan fingerprint density at radius 2 is 1.92 bits per heavy atom.